The minimum Gasteiger partial charge on any atom is -0.458 e. The number of ketones is 1. The van der Waals surface area contributed by atoms with Gasteiger partial charge >= 0.3 is 11.9 Å². The number of rotatable bonds is 4. The van der Waals surface area contributed by atoms with Gasteiger partial charge in [0, 0.05) is 12.8 Å². The second-order valence-electron chi connectivity index (χ2n) is 6.40. The summed E-state index contributed by atoms with van der Waals surface area (Å²) in [6.45, 7) is 1.74. The Kier molecular flexibility index (Phi) is 5.46. The van der Waals surface area contributed by atoms with Gasteiger partial charge in [0.05, 0.1) is 17.0 Å². The van der Waals surface area contributed by atoms with Gasteiger partial charge in [-0.2, -0.15) is 0 Å². The number of carbonyl (C=O) groups excluding carboxylic acids is 3. The van der Waals surface area contributed by atoms with Gasteiger partial charge < -0.3 is 9.47 Å². The van der Waals surface area contributed by atoms with Crippen molar-refractivity contribution in [1.82, 2.24) is 0 Å². The van der Waals surface area contributed by atoms with Crippen LogP contribution in [-0.2, 0) is 14.3 Å². The SMILES string of the molecule is CC1C(=O)C[C@@H](OC(=O)c2ccccc2)C[C@@H]1OC(=O)c1ccccc1. The zero-order valence-corrected chi connectivity index (χ0v) is 14.5. The lowest BCUT2D eigenvalue weighted by Gasteiger charge is -2.32. The maximum atomic E-state index is 12.3. The quantitative estimate of drug-likeness (QED) is 0.789. The maximum Gasteiger partial charge on any atom is 0.338 e. The molecule has 1 saturated carbocycles. The minimum absolute atomic E-state index is 0.0760. The molecule has 26 heavy (non-hydrogen) atoms. The molecule has 1 aliphatic rings. The van der Waals surface area contributed by atoms with E-state index in [1.54, 1.807) is 55.5 Å². The van der Waals surface area contributed by atoms with Crippen molar-refractivity contribution in [3.8, 4) is 0 Å². The third kappa shape index (κ3) is 4.17. The van der Waals surface area contributed by atoms with Gasteiger partial charge in [-0.25, -0.2) is 9.59 Å². The van der Waals surface area contributed by atoms with Gasteiger partial charge in [-0.1, -0.05) is 43.3 Å². The van der Waals surface area contributed by atoms with Crippen molar-refractivity contribution in [1.29, 1.82) is 0 Å². The molecule has 0 radical (unpaired) electrons. The molecule has 0 heterocycles. The molecule has 3 rings (SSSR count). The fourth-order valence-electron chi connectivity index (χ4n) is 2.98. The van der Waals surface area contributed by atoms with E-state index in [1.165, 1.54) is 0 Å². The summed E-state index contributed by atoms with van der Waals surface area (Å²) in [7, 11) is 0. The molecule has 1 aliphatic carbocycles. The molecule has 2 aromatic rings. The molecule has 2 aromatic carbocycles. The highest BCUT2D eigenvalue weighted by molar-refractivity contribution is 5.91. The second-order valence-corrected chi connectivity index (χ2v) is 6.40. The number of hydrogen-bond acceptors (Lipinski definition) is 5. The molecule has 0 N–H and O–H groups in total. The normalized spacial score (nSPS) is 22.5. The monoisotopic (exact) mass is 352 g/mol. The summed E-state index contributed by atoms with van der Waals surface area (Å²) in [6, 6.07) is 17.2. The van der Waals surface area contributed by atoms with E-state index in [4.69, 9.17) is 9.47 Å². The highest BCUT2D eigenvalue weighted by Gasteiger charge is 2.38. The van der Waals surface area contributed by atoms with Gasteiger partial charge in [-0.15, -0.1) is 0 Å². The zero-order chi connectivity index (χ0) is 18.5. The number of Topliss-reactive ketones (excluding diaryl/α,β-unsaturated/α-hetero) is 1. The van der Waals surface area contributed by atoms with E-state index in [9.17, 15) is 14.4 Å². The van der Waals surface area contributed by atoms with Crippen LogP contribution in [0.5, 0.6) is 0 Å². The van der Waals surface area contributed by atoms with Crippen LogP contribution in [0, 0.1) is 5.92 Å². The van der Waals surface area contributed by atoms with Gasteiger partial charge in [0.2, 0.25) is 0 Å². The molecule has 5 heteroatoms. The standard InChI is InChI=1S/C21H20O5/c1-14-18(22)12-17(25-20(23)15-8-4-2-5-9-15)13-19(14)26-21(24)16-10-6-3-7-11-16/h2-11,14,17,19H,12-13H2,1H3/t14?,17-,19+/m1/s1. The molecular weight excluding hydrogens is 332 g/mol. The van der Waals surface area contributed by atoms with Crippen LogP contribution in [0.2, 0.25) is 0 Å². The van der Waals surface area contributed by atoms with Gasteiger partial charge in [0.15, 0.2) is 0 Å². The van der Waals surface area contributed by atoms with Crippen LogP contribution in [0.25, 0.3) is 0 Å². The summed E-state index contributed by atoms with van der Waals surface area (Å²) in [5.41, 5.74) is 0.854. The van der Waals surface area contributed by atoms with Gasteiger partial charge in [0.1, 0.15) is 18.0 Å². The Morgan fingerprint density at radius 3 is 1.88 bits per heavy atom. The van der Waals surface area contributed by atoms with Crippen molar-refractivity contribution in [2.75, 3.05) is 0 Å². The Morgan fingerprint density at radius 1 is 0.846 bits per heavy atom. The Labute approximate surface area is 151 Å². The summed E-state index contributed by atoms with van der Waals surface area (Å²) in [5, 5.41) is 0. The van der Waals surface area contributed by atoms with E-state index in [2.05, 4.69) is 0 Å². The van der Waals surface area contributed by atoms with E-state index in [1.807, 2.05) is 12.1 Å². The van der Waals surface area contributed by atoms with Crippen molar-refractivity contribution < 1.29 is 23.9 Å². The molecule has 3 atom stereocenters. The van der Waals surface area contributed by atoms with Crippen molar-refractivity contribution in [3.63, 3.8) is 0 Å². The molecule has 0 aliphatic heterocycles. The van der Waals surface area contributed by atoms with Crippen LogP contribution >= 0.6 is 0 Å². The van der Waals surface area contributed by atoms with Crippen LogP contribution in [0.3, 0.4) is 0 Å². The average molecular weight is 352 g/mol. The lowest BCUT2D eigenvalue weighted by atomic mass is 9.84. The third-order valence-corrected chi connectivity index (χ3v) is 4.54. The summed E-state index contributed by atoms with van der Waals surface area (Å²) in [6.07, 6.45) is -0.763. The first-order chi connectivity index (χ1) is 12.5. The third-order valence-electron chi connectivity index (χ3n) is 4.54. The zero-order valence-electron chi connectivity index (χ0n) is 14.5. The molecule has 0 saturated heterocycles. The lowest BCUT2D eigenvalue weighted by molar-refractivity contribution is -0.133. The molecule has 0 bridgehead atoms. The van der Waals surface area contributed by atoms with E-state index in [0.717, 1.165) is 0 Å². The Hall–Kier alpha value is -2.95. The van der Waals surface area contributed by atoms with Crippen molar-refractivity contribution in [2.45, 2.75) is 32.0 Å². The van der Waals surface area contributed by atoms with Crippen molar-refractivity contribution in [3.05, 3.63) is 71.8 Å². The van der Waals surface area contributed by atoms with Crippen molar-refractivity contribution >= 4 is 17.7 Å². The van der Waals surface area contributed by atoms with Crippen LogP contribution in [0.4, 0.5) is 0 Å². The highest BCUT2D eigenvalue weighted by atomic mass is 16.6. The predicted molar refractivity (Wildman–Crippen MR) is 94.7 cm³/mol. The topological polar surface area (TPSA) is 69.7 Å². The van der Waals surface area contributed by atoms with E-state index < -0.39 is 30.1 Å². The summed E-state index contributed by atoms with van der Waals surface area (Å²) >= 11 is 0. The first-order valence-electron chi connectivity index (χ1n) is 8.59. The Balaban J connectivity index is 1.66. The van der Waals surface area contributed by atoms with Gasteiger partial charge in [0.25, 0.3) is 0 Å². The summed E-state index contributed by atoms with van der Waals surface area (Å²) in [4.78, 5) is 36.8. The fourth-order valence-corrected chi connectivity index (χ4v) is 2.98. The average Bonchev–Trinajstić information content (AvgIpc) is 2.67. The minimum atomic E-state index is -0.613. The first-order valence-corrected chi connectivity index (χ1v) is 8.59. The molecular formula is C21H20O5. The molecule has 5 nitrogen and oxygen atoms in total. The Morgan fingerprint density at radius 2 is 1.35 bits per heavy atom. The molecule has 0 spiro atoms. The fraction of sp³-hybridized carbons (Fsp3) is 0.286. The van der Waals surface area contributed by atoms with E-state index in [-0.39, 0.29) is 12.2 Å². The first kappa shape index (κ1) is 17.9. The van der Waals surface area contributed by atoms with Gasteiger partial charge in [-0.05, 0) is 24.3 Å². The molecule has 0 amide bonds. The number of hydrogen-bond donors (Lipinski definition) is 0. The molecule has 1 fully saturated rings. The lowest BCUT2D eigenvalue weighted by Crippen LogP contribution is -2.42. The van der Waals surface area contributed by atoms with Crippen LogP contribution in [-0.4, -0.2) is 29.9 Å². The summed E-state index contributed by atoms with van der Waals surface area (Å²) in [5.74, 6) is -1.46. The van der Waals surface area contributed by atoms with Crippen LogP contribution in [0.1, 0.15) is 40.5 Å². The number of benzene rings is 2. The second kappa shape index (κ2) is 7.95. The summed E-state index contributed by atoms with van der Waals surface area (Å²) < 4.78 is 11.0. The van der Waals surface area contributed by atoms with Crippen LogP contribution < -0.4 is 0 Å². The predicted octanol–water partition coefficient (Wildman–Crippen LogP) is 3.44. The highest BCUT2D eigenvalue weighted by Crippen LogP contribution is 2.27. The number of carbonyl (C=O) groups is 3. The van der Waals surface area contributed by atoms with Gasteiger partial charge in [-0.3, -0.25) is 4.79 Å². The number of ether oxygens (including phenoxy) is 2. The largest absolute Gasteiger partial charge is 0.458 e. The van der Waals surface area contributed by atoms with E-state index >= 15 is 0 Å². The molecule has 134 valence electrons. The van der Waals surface area contributed by atoms with Crippen molar-refractivity contribution in [2.24, 2.45) is 5.92 Å². The molecule has 0 aromatic heterocycles. The number of esters is 2. The smallest absolute Gasteiger partial charge is 0.338 e. The maximum absolute atomic E-state index is 12.3. The Bertz CT molecular complexity index is 785. The van der Waals surface area contributed by atoms with Crippen LogP contribution in [0.15, 0.2) is 60.7 Å². The van der Waals surface area contributed by atoms with E-state index in [0.29, 0.717) is 17.5 Å². The molecule has 1 unspecified atom stereocenters.